The van der Waals surface area contributed by atoms with E-state index in [0.717, 1.165) is 12.3 Å². The Hall–Kier alpha value is -1.12. The monoisotopic (exact) mass is 194 g/mol. The smallest absolute Gasteiger partial charge is 0.165 e. The number of halogens is 1. The van der Waals surface area contributed by atoms with Gasteiger partial charge in [0.05, 0.1) is 0 Å². The Labute approximate surface area is 83.6 Å². The van der Waals surface area contributed by atoms with Crippen LogP contribution in [-0.4, -0.2) is 11.0 Å². The lowest BCUT2D eigenvalue weighted by Crippen LogP contribution is -2.07. The van der Waals surface area contributed by atoms with Crippen LogP contribution in [0.1, 0.15) is 26.2 Å². The molecule has 1 N–H and O–H groups in total. The standard InChI is InChI=1S/C11H15FN2/c1-2-4-8-7-10(8)14-11-9(12)5-3-6-13-11/h3,5-6,8,10H,2,4,7H2,1H3,(H,13,14). The van der Waals surface area contributed by atoms with Gasteiger partial charge in [-0.1, -0.05) is 13.3 Å². The van der Waals surface area contributed by atoms with Gasteiger partial charge in [-0.3, -0.25) is 0 Å². The van der Waals surface area contributed by atoms with Gasteiger partial charge < -0.3 is 5.32 Å². The number of rotatable bonds is 4. The second-order valence-corrected chi connectivity index (χ2v) is 3.87. The van der Waals surface area contributed by atoms with Crippen LogP contribution in [0.2, 0.25) is 0 Å². The Bertz CT molecular complexity index is 314. The molecule has 2 rings (SSSR count). The highest BCUT2D eigenvalue weighted by molar-refractivity contribution is 5.38. The van der Waals surface area contributed by atoms with Crippen molar-refractivity contribution in [2.24, 2.45) is 5.92 Å². The van der Waals surface area contributed by atoms with Gasteiger partial charge in [-0.2, -0.15) is 0 Å². The molecule has 0 radical (unpaired) electrons. The third kappa shape index (κ3) is 2.03. The molecule has 0 aliphatic heterocycles. The van der Waals surface area contributed by atoms with Crippen LogP contribution >= 0.6 is 0 Å². The van der Waals surface area contributed by atoms with E-state index in [4.69, 9.17) is 0 Å². The van der Waals surface area contributed by atoms with Gasteiger partial charge in [0, 0.05) is 12.2 Å². The van der Waals surface area contributed by atoms with Crippen molar-refractivity contribution in [2.75, 3.05) is 5.32 Å². The van der Waals surface area contributed by atoms with Gasteiger partial charge in [-0.05, 0) is 30.9 Å². The predicted octanol–water partition coefficient (Wildman–Crippen LogP) is 2.82. The van der Waals surface area contributed by atoms with Crippen molar-refractivity contribution in [1.82, 2.24) is 4.98 Å². The summed E-state index contributed by atoms with van der Waals surface area (Å²) in [6.07, 6.45) is 5.20. The second kappa shape index (κ2) is 3.95. The molecule has 1 saturated carbocycles. The molecule has 0 amide bonds. The molecular formula is C11H15FN2. The van der Waals surface area contributed by atoms with E-state index >= 15 is 0 Å². The first-order chi connectivity index (χ1) is 6.81. The number of hydrogen-bond donors (Lipinski definition) is 1. The van der Waals surface area contributed by atoms with Crippen LogP contribution in [-0.2, 0) is 0 Å². The van der Waals surface area contributed by atoms with E-state index in [1.807, 2.05) is 0 Å². The van der Waals surface area contributed by atoms with Crippen molar-refractivity contribution in [3.8, 4) is 0 Å². The van der Waals surface area contributed by atoms with Gasteiger partial charge in [-0.25, -0.2) is 9.37 Å². The molecule has 1 aromatic heterocycles. The Morgan fingerprint density at radius 3 is 3.21 bits per heavy atom. The van der Waals surface area contributed by atoms with Crippen molar-refractivity contribution in [3.05, 3.63) is 24.1 Å². The lowest BCUT2D eigenvalue weighted by atomic mass is 10.2. The summed E-state index contributed by atoms with van der Waals surface area (Å²) in [6, 6.07) is 3.49. The van der Waals surface area contributed by atoms with Gasteiger partial charge in [0.2, 0.25) is 0 Å². The van der Waals surface area contributed by atoms with E-state index in [9.17, 15) is 4.39 Å². The molecule has 3 heteroatoms. The Morgan fingerprint density at radius 1 is 1.64 bits per heavy atom. The zero-order valence-corrected chi connectivity index (χ0v) is 8.33. The van der Waals surface area contributed by atoms with E-state index in [0.29, 0.717) is 11.9 Å². The van der Waals surface area contributed by atoms with Gasteiger partial charge in [0.25, 0.3) is 0 Å². The predicted molar refractivity (Wildman–Crippen MR) is 54.6 cm³/mol. The molecule has 0 bridgehead atoms. The summed E-state index contributed by atoms with van der Waals surface area (Å²) in [4.78, 5) is 3.97. The molecule has 2 nitrogen and oxygen atoms in total. The largest absolute Gasteiger partial charge is 0.365 e. The van der Waals surface area contributed by atoms with E-state index < -0.39 is 0 Å². The fourth-order valence-electron chi connectivity index (χ4n) is 1.78. The maximum absolute atomic E-state index is 13.2. The molecule has 76 valence electrons. The average molecular weight is 194 g/mol. The van der Waals surface area contributed by atoms with Crippen LogP contribution in [0.25, 0.3) is 0 Å². The van der Waals surface area contributed by atoms with Crippen LogP contribution < -0.4 is 5.32 Å². The number of nitrogens with one attached hydrogen (secondary N) is 1. The van der Waals surface area contributed by atoms with E-state index in [2.05, 4.69) is 17.2 Å². The summed E-state index contributed by atoms with van der Waals surface area (Å²) in [6.45, 7) is 2.18. The topological polar surface area (TPSA) is 24.9 Å². The van der Waals surface area contributed by atoms with Crippen molar-refractivity contribution >= 4 is 5.82 Å². The minimum atomic E-state index is -0.255. The average Bonchev–Trinajstić information content (AvgIpc) is 2.89. The number of anilines is 1. The first-order valence-electron chi connectivity index (χ1n) is 5.18. The van der Waals surface area contributed by atoms with Crippen molar-refractivity contribution in [3.63, 3.8) is 0 Å². The number of aromatic nitrogens is 1. The summed E-state index contributed by atoms with van der Waals surface area (Å²) in [5.74, 6) is 0.868. The first-order valence-corrected chi connectivity index (χ1v) is 5.18. The van der Waals surface area contributed by atoms with Crippen LogP contribution in [0.15, 0.2) is 18.3 Å². The van der Waals surface area contributed by atoms with E-state index in [1.165, 1.54) is 18.9 Å². The summed E-state index contributed by atoms with van der Waals surface area (Å²) in [7, 11) is 0. The molecule has 14 heavy (non-hydrogen) atoms. The Kier molecular flexibility index (Phi) is 2.66. The zero-order valence-electron chi connectivity index (χ0n) is 8.33. The van der Waals surface area contributed by atoms with Gasteiger partial charge in [0.1, 0.15) is 0 Å². The molecule has 1 aromatic rings. The minimum Gasteiger partial charge on any atom is -0.365 e. The van der Waals surface area contributed by atoms with E-state index in [1.54, 1.807) is 12.3 Å². The molecular weight excluding hydrogens is 179 g/mol. The normalized spacial score (nSPS) is 24.7. The number of pyridine rings is 1. The van der Waals surface area contributed by atoms with Crippen LogP contribution in [0.4, 0.5) is 10.2 Å². The molecule has 0 spiro atoms. The fraction of sp³-hybridized carbons (Fsp3) is 0.545. The maximum atomic E-state index is 13.2. The molecule has 1 fully saturated rings. The summed E-state index contributed by atoms with van der Waals surface area (Å²) in [5, 5.41) is 3.13. The molecule has 2 unspecified atom stereocenters. The minimum absolute atomic E-state index is 0.255. The van der Waals surface area contributed by atoms with Gasteiger partial charge in [0.15, 0.2) is 11.6 Å². The maximum Gasteiger partial charge on any atom is 0.165 e. The first kappa shape index (κ1) is 9.44. The Morgan fingerprint density at radius 2 is 2.50 bits per heavy atom. The summed E-state index contributed by atoms with van der Waals surface area (Å²) in [5.41, 5.74) is 0. The molecule has 1 aliphatic rings. The quantitative estimate of drug-likeness (QED) is 0.797. The molecule has 2 atom stereocenters. The lowest BCUT2D eigenvalue weighted by Gasteiger charge is -2.04. The highest BCUT2D eigenvalue weighted by atomic mass is 19.1. The summed E-state index contributed by atoms with van der Waals surface area (Å²) < 4.78 is 13.2. The van der Waals surface area contributed by atoms with E-state index in [-0.39, 0.29) is 5.82 Å². The third-order valence-corrected chi connectivity index (χ3v) is 2.66. The SMILES string of the molecule is CCCC1CC1Nc1ncccc1F. The molecule has 1 aliphatic carbocycles. The van der Waals surface area contributed by atoms with Crippen molar-refractivity contribution in [2.45, 2.75) is 32.2 Å². The number of nitrogens with zero attached hydrogens (tertiary/aromatic N) is 1. The summed E-state index contributed by atoms with van der Waals surface area (Å²) >= 11 is 0. The van der Waals surface area contributed by atoms with Gasteiger partial charge >= 0.3 is 0 Å². The molecule has 0 aromatic carbocycles. The Balaban J connectivity index is 1.90. The molecule has 1 heterocycles. The number of hydrogen-bond acceptors (Lipinski definition) is 2. The third-order valence-electron chi connectivity index (χ3n) is 2.66. The molecule has 0 saturated heterocycles. The van der Waals surface area contributed by atoms with Crippen molar-refractivity contribution in [1.29, 1.82) is 0 Å². The zero-order chi connectivity index (χ0) is 9.97. The van der Waals surface area contributed by atoms with Gasteiger partial charge in [-0.15, -0.1) is 0 Å². The van der Waals surface area contributed by atoms with Crippen LogP contribution in [0, 0.1) is 11.7 Å². The van der Waals surface area contributed by atoms with Crippen LogP contribution in [0.3, 0.4) is 0 Å². The van der Waals surface area contributed by atoms with Crippen LogP contribution in [0.5, 0.6) is 0 Å². The fourth-order valence-corrected chi connectivity index (χ4v) is 1.78. The second-order valence-electron chi connectivity index (χ2n) is 3.87. The highest BCUT2D eigenvalue weighted by Gasteiger charge is 2.36. The lowest BCUT2D eigenvalue weighted by molar-refractivity contribution is 0.621. The highest BCUT2D eigenvalue weighted by Crippen LogP contribution is 2.37. The van der Waals surface area contributed by atoms with Crippen molar-refractivity contribution < 1.29 is 4.39 Å².